The fraction of sp³-hybridized carbons (Fsp3) is 0.750. The van der Waals surface area contributed by atoms with E-state index < -0.39 is 5.69 Å². The van der Waals surface area contributed by atoms with E-state index in [0.717, 1.165) is 97.1 Å². The minimum atomic E-state index is -0.583. The van der Waals surface area contributed by atoms with Crippen LogP contribution in [0.4, 0.5) is 29.7 Å². The van der Waals surface area contributed by atoms with Gasteiger partial charge in [0, 0.05) is 19.6 Å². The Morgan fingerprint density at radius 3 is 1.18 bits per heavy atom. The molecule has 0 aromatic carbocycles. The highest BCUT2D eigenvalue weighted by atomic mass is 16.1. The van der Waals surface area contributed by atoms with Crippen LogP contribution in [0.5, 0.6) is 0 Å². The maximum Gasteiger partial charge on any atom is 0.350 e. The molecule has 0 atom stereocenters. The first-order valence-corrected chi connectivity index (χ1v) is 14.1. The van der Waals surface area contributed by atoms with Crippen LogP contribution in [0.3, 0.4) is 0 Å². The molecule has 0 amide bonds. The largest absolute Gasteiger partial charge is 0.369 e. The standard InChI is InChI=1S/C21H45N9.C3H5N5O/c22-13-7-1-4-10-16-25-19-28-20(26-17-11-5-2-8-14-23)30-21(29-19)27-18-12-6-3-9-15-24;4-1-6-2(5)8-3(9)7-1/h1-18,22-24H2,(H3,25,26,27,28,29,30);(H5,4,5,6,7,8,9). The van der Waals surface area contributed by atoms with E-state index in [2.05, 4.69) is 45.9 Å². The first kappa shape index (κ1) is 33.7. The van der Waals surface area contributed by atoms with Gasteiger partial charge in [-0.3, -0.25) is 4.98 Å². The van der Waals surface area contributed by atoms with Crippen molar-refractivity contribution in [1.82, 2.24) is 29.9 Å². The molecule has 39 heavy (non-hydrogen) atoms. The van der Waals surface area contributed by atoms with Crippen molar-refractivity contribution < 1.29 is 0 Å². The van der Waals surface area contributed by atoms with E-state index >= 15 is 0 Å². The van der Waals surface area contributed by atoms with Crippen LogP contribution < -0.4 is 50.3 Å². The zero-order chi connectivity index (χ0) is 28.6. The van der Waals surface area contributed by atoms with Gasteiger partial charge in [0.25, 0.3) is 0 Å². The molecule has 2 rings (SSSR count). The van der Waals surface area contributed by atoms with Gasteiger partial charge in [0.05, 0.1) is 0 Å². The van der Waals surface area contributed by atoms with Gasteiger partial charge in [0.15, 0.2) is 0 Å². The molecular weight excluding hydrogens is 500 g/mol. The van der Waals surface area contributed by atoms with Gasteiger partial charge in [0.1, 0.15) is 0 Å². The number of H-pyrrole nitrogens is 1. The first-order valence-electron chi connectivity index (χ1n) is 14.1. The number of aromatic nitrogens is 6. The molecule has 222 valence electrons. The van der Waals surface area contributed by atoms with E-state index in [0.29, 0.717) is 17.8 Å². The van der Waals surface area contributed by atoms with Crippen molar-refractivity contribution in [2.24, 2.45) is 17.2 Å². The average Bonchev–Trinajstić information content (AvgIpc) is 2.90. The Bertz CT molecular complexity index is 819. The van der Waals surface area contributed by atoms with E-state index in [4.69, 9.17) is 28.7 Å². The fourth-order valence-corrected chi connectivity index (χ4v) is 3.50. The Morgan fingerprint density at radius 2 is 0.872 bits per heavy atom. The minimum absolute atomic E-state index is 0.0208. The summed E-state index contributed by atoms with van der Waals surface area (Å²) in [5.41, 5.74) is 26.2. The lowest BCUT2D eigenvalue weighted by Gasteiger charge is -2.11. The van der Waals surface area contributed by atoms with Gasteiger partial charge in [-0.15, -0.1) is 0 Å². The highest BCUT2D eigenvalue weighted by Gasteiger charge is 2.06. The summed E-state index contributed by atoms with van der Waals surface area (Å²) in [7, 11) is 0. The summed E-state index contributed by atoms with van der Waals surface area (Å²) in [6.45, 7) is 4.86. The molecule has 15 heteroatoms. The molecule has 0 fully saturated rings. The predicted octanol–water partition coefficient (Wildman–Crippen LogP) is 0.994. The molecular formula is C24H50N14O. The molecule has 14 N–H and O–H groups in total. The number of aromatic amines is 1. The van der Waals surface area contributed by atoms with Crippen molar-refractivity contribution in [3.63, 3.8) is 0 Å². The Hall–Kier alpha value is -3.30. The van der Waals surface area contributed by atoms with E-state index in [-0.39, 0.29) is 11.9 Å². The number of nitrogens with zero attached hydrogens (tertiary/aromatic N) is 5. The summed E-state index contributed by atoms with van der Waals surface area (Å²) in [6.07, 6.45) is 13.5. The summed E-state index contributed by atoms with van der Waals surface area (Å²) in [4.78, 5) is 32.7. The molecule has 0 saturated carbocycles. The third-order valence-electron chi connectivity index (χ3n) is 5.56. The van der Waals surface area contributed by atoms with Crippen LogP contribution in [0.2, 0.25) is 0 Å². The maximum atomic E-state index is 10.3. The number of unbranched alkanes of at least 4 members (excludes halogenated alkanes) is 9. The monoisotopic (exact) mass is 550 g/mol. The smallest absolute Gasteiger partial charge is 0.350 e. The SMILES string of the molecule is NCCCCCCNc1nc(NCCCCCCN)nc(NCCCCCCN)n1.Nc1nc(N)[nH]c(=O)n1. The van der Waals surface area contributed by atoms with Crippen LogP contribution in [-0.4, -0.2) is 69.2 Å². The van der Waals surface area contributed by atoms with Gasteiger partial charge >= 0.3 is 5.69 Å². The Kier molecular flexibility index (Phi) is 19.6. The lowest BCUT2D eigenvalue weighted by atomic mass is 10.2. The molecule has 0 radical (unpaired) electrons. The van der Waals surface area contributed by atoms with Crippen molar-refractivity contribution in [3.05, 3.63) is 10.5 Å². The van der Waals surface area contributed by atoms with Crippen molar-refractivity contribution in [2.75, 3.05) is 66.7 Å². The molecule has 0 aliphatic heterocycles. The van der Waals surface area contributed by atoms with Crippen LogP contribution in [0.25, 0.3) is 0 Å². The van der Waals surface area contributed by atoms with Gasteiger partial charge in [-0.25, -0.2) is 4.79 Å². The molecule has 2 heterocycles. The van der Waals surface area contributed by atoms with Crippen molar-refractivity contribution in [1.29, 1.82) is 0 Å². The molecule has 0 aliphatic carbocycles. The Labute approximate surface area is 231 Å². The lowest BCUT2D eigenvalue weighted by molar-refractivity contribution is 0.657. The Morgan fingerprint density at radius 1 is 0.513 bits per heavy atom. The van der Waals surface area contributed by atoms with Crippen LogP contribution in [-0.2, 0) is 0 Å². The van der Waals surface area contributed by atoms with Crippen LogP contribution in [0.1, 0.15) is 77.0 Å². The zero-order valence-electron chi connectivity index (χ0n) is 23.3. The highest BCUT2D eigenvalue weighted by molar-refractivity contribution is 5.42. The molecule has 0 spiro atoms. The number of hydrogen-bond acceptors (Lipinski definition) is 14. The number of nitrogen functional groups attached to an aromatic ring is 2. The average molecular weight is 551 g/mol. The molecule has 0 bridgehead atoms. The van der Waals surface area contributed by atoms with Crippen LogP contribution >= 0.6 is 0 Å². The second kappa shape index (κ2) is 22.7. The van der Waals surface area contributed by atoms with Gasteiger partial charge in [-0.05, 0) is 58.2 Å². The number of nitrogens with one attached hydrogen (secondary N) is 4. The van der Waals surface area contributed by atoms with E-state index in [1.807, 2.05) is 0 Å². The predicted molar refractivity (Wildman–Crippen MR) is 159 cm³/mol. The van der Waals surface area contributed by atoms with Crippen molar-refractivity contribution in [3.8, 4) is 0 Å². The van der Waals surface area contributed by atoms with Crippen molar-refractivity contribution >= 4 is 29.7 Å². The quantitative estimate of drug-likeness (QED) is 0.0981. The van der Waals surface area contributed by atoms with Crippen LogP contribution in [0, 0.1) is 0 Å². The fourth-order valence-electron chi connectivity index (χ4n) is 3.50. The maximum absolute atomic E-state index is 10.3. The topological polar surface area (TPSA) is 264 Å². The lowest BCUT2D eigenvalue weighted by Crippen LogP contribution is -2.16. The second-order valence-electron chi connectivity index (χ2n) is 9.09. The normalized spacial score (nSPS) is 10.5. The number of hydrogen-bond donors (Lipinski definition) is 9. The third-order valence-corrected chi connectivity index (χ3v) is 5.56. The molecule has 0 aliphatic rings. The molecule has 2 aromatic heterocycles. The summed E-state index contributed by atoms with van der Waals surface area (Å²) in [5, 5.41) is 10.0. The molecule has 0 unspecified atom stereocenters. The van der Waals surface area contributed by atoms with Crippen molar-refractivity contribution in [2.45, 2.75) is 77.0 Å². The first-order chi connectivity index (χ1) is 19.0. The summed E-state index contributed by atoms with van der Waals surface area (Å²) in [6, 6.07) is 0. The van der Waals surface area contributed by atoms with Gasteiger partial charge in [-0.2, -0.15) is 24.9 Å². The Balaban J connectivity index is 0.000000708. The molecule has 15 nitrogen and oxygen atoms in total. The summed E-state index contributed by atoms with van der Waals surface area (Å²) < 4.78 is 0. The number of rotatable bonds is 21. The van der Waals surface area contributed by atoms with Gasteiger partial charge in [-0.1, -0.05) is 38.5 Å². The molecule has 2 aromatic rings. The zero-order valence-corrected chi connectivity index (χ0v) is 23.3. The third kappa shape index (κ3) is 18.6. The van der Waals surface area contributed by atoms with Crippen LogP contribution in [0.15, 0.2) is 4.79 Å². The number of nitrogens with two attached hydrogens (primary N) is 5. The highest BCUT2D eigenvalue weighted by Crippen LogP contribution is 2.11. The van der Waals surface area contributed by atoms with E-state index in [9.17, 15) is 4.79 Å². The number of anilines is 5. The minimum Gasteiger partial charge on any atom is -0.369 e. The van der Waals surface area contributed by atoms with Gasteiger partial charge < -0.3 is 44.6 Å². The second-order valence-corrected chi connectivity index (χ2v) is 9.09. The summed E-state index contributed by atoms with van der Waals surface area (Å²) in [5.74, 6) is 1.74. The van der Waals surface area contributed by atoms with E-state index in [1.54, 1.807) is 0 Å². The van der Waals surface area contributed by atoms with Gasteiger partial charge in [0.2, 0.25) is 29.7 Å². The van der Waals surface area contributed by atoms with E-state index in [1.165, 1.54) is 19.3 Å². The molecule has 0 saturated heterocycles. The summed E-state index contributed by atoms with van der Waals surface area (Å²) >= 11 is 0.